The smallest absolute Gasteiger partial charge is 0.251 e. The van der Waals surface area contributed by atoms with E-state index in [0.717, 1.165) is 22.9 Å². The van der Waals surface area contributed by atoms with Gasteiger partial charge in [0.25, 0.3) is 5.56 Å². The molecule has 0 aliphatic carbocycles. The highest BCUT2D eigenvalue weighted by atomic mass is 16.5. The van der Waals surface area contributed by atoms with E-state index in [1.807, 2.05) is 13.0 Å². The SMILES string of the molecule is COc1ccc(-c2nc(C=O)cc(=O)[nH]2)cc1C. The lowest BCUT2D eigenvalue weighted by atomic mass is 10.1. The van der Waals surface area contributed by atoms with E-state index in [-0.39, 0.29) is 11.3 Å². The number of carbonyl (C=O) groups excluding carboxylic acids is 1. The molecule has 0 aliphatic heterocycles. The Balaban J connectivity index is 2.54. The van der Waals surface area contributed by atoms with Gasteiger partial charge in [0, 0.05) is 11.6 Å². The summed E-state index contributed by atoms with van der Waals surface area (Å²) < 4.78 is 5.16. The van der Waals surface area contributed by atoms with E-state index in [1.54, 1.807) is 19.2 Å². The van der Waals surface area contributed by atoms with Crippen molar-refractivity contribution >= 4 is 6.29 Å². The van der Waals surface area contributed by atoms with E-state index in [0.29, 0.717) is 12.1 Å². The second kappa shape index (κ2) is 4.83. The second-order valence-electron chi connectivity index (χ2n) is 3.82. The zero-order valence-electron chi connectivity index (χ0n) is 10.1. The number of H-pyrrole nitrogens is 1. The summed E-state index contributed by atoms with van der Waals surface area (Å²) >= 11 is 0. The van der Waals surface area contributed by atoms with Gasteiger partial charge in [-0.25, -0.2) is 4.98 Å². The van der Waals surface area contributed by atoms with Crippen LogP contribution in [0, 0.1) is 6.92 Å². The first-order valence-electron chi connectivity index (χ1n) is 5.35. The predicted molar refractivity (Wildman–Crippen MR) is 67.0 cm³/mol. The Morgan fingerprint density at radius 1 is 1.33 bits per heavy atom. The summed E-state index contributed by atoms with van der Waals surface area (Å²) in [6, 6.07) is 6.56. The molecule has 2 aromatic rings. The van der Waals surface area contributed by atoms with Gasteiger partial charge < -0.3 is 9.72 Å². The van der Waals surface area contributed by atoms with Crippen molar-refractivity contribution in [3.63, 3.8) is 0 Å². The lowest BCUT2D eigenvalue weighted by molar-refractivity contribution is 0.111. The van der Waals surface area contributed by atoms with Crippen molar-refractivity contribution in [2.75, 3.05) is 7.11 Å². The molecule has 1 heterocycles. The number of benzene rings is 1. The summed E-state index contributed by atoms with van der Waals surface area (Å²) in [5.41, 5.74) is 1.42. The third-order valence-electron chi connectivity index (χ3n) is 2.55. The molecular weight excluding hydrogens is 232 g/mol. The molecule has 5 nitrogen and oxygen atoms in total. The van der Waals surface area contributed by atoms with Gasteiger partial charge in [-0.05, 0) is 30.7 Å². The van der Waals surface area contributed by atoms with Crippen molar-refractivity contribution < 1.29 is 9.53 Å². The monoisotopic (exact) mass is 244 g/mol. The summed E-state index contributed by atoms with van der Waals surface area (Å²) in [4.78, 5) is 28.7. The molecule has 0 bridgehead atoms. The molecule has 2 rings (SSSR count). The number of aromatic nitrogens is 2. The van der Waals surface area contributed by atoms with E-state index in [9.17, 15) is 9.59 Å². The van der Waals surface area contributed by atoms with Gasteiger partial charge in [-0.1, -0.05) is 0 Å². The van der Waals surface area contributed by atoms with E-state index >= 15 is 0 Å². The van der Waals surface area contributed by atoms with Crippen molar-refractivity contribution in [1.82, 2.24) is 9.97 Å². The van der Waals surface area contributed by atoms with Crippen LogP contribution in [0.5, 0.6) is 5.75 Å². The van der Waals surface area contributed by atoms with Gasteiger partial charge in [-0.2, -0.15) is 0 Å². The van der Waals surface area contributed by atoms with Crippen LogP contribution in [-0.4, -0.2) is 23.4 Å². The largest absolute Gasteiger partial charge is 0.496 e. The first-order chi connectivity index (χ1) is 8.63. The molecule has 0 saturated carbocycles. The van der Waals surface area contributed by atoms with E-state index < -0.39 is 0 Å². The van der Waals surface area contributed by atoms with Gasteiger partial charge >= 0.3 is 0 Å². The lowest BCUT2D eigenvalue weighted by Gasteiger charge is -2.07. The second-order valence-corrected chi connectivity index (χ2v) is 3.82. The number of carbonyl (C=O) groups is 1. The van der Waals surface area contributed by atoms with Gasteiger partial charge in [0.2, 0.25) is 0 Å². The Bertz CT molecular complexity index is 647. The number of aryl methyl sites for hydroxylation is 1. The topological polar surface area (TPSA) is 72.0 Å². The molecule has 0 radical (unpaired) electrons. The molecule has 0 amide bonds. The molecule has 0 spiro atoms. The number of hydrogen-bond acceptors (Lipinski definition) is 4. The number of hydrogen-bond donors (Lipinski definition) is 1. The summed E-state index contributed by atoms with van der Waals surface area (Å²) in [5.74, 6) is 1.13. The minimum absolute atomic E-state index is 0.113. The molecule has 5 heteroatoms. The fraction of sp³-hybridized carbons (Fsp3) is 0.154. The third kappa shape index (κ3) is 2.29. The molecule has 92 valence electrons. The number of methoxy groups -OCH3 is 1. The van der Waals surface area contributed by atoms with Crippen molar-refractivity contribution in [3.8, 4) is 17.1 Å². The van der Waals surface area contributed by atoms with Crippen LogP contribution in [0.2, 0.25) is 0 Å². The summed E-state index contributed by atoms with van der Waals surface area (Å²) in [6.07, 6.45) is 0.551. The molecule has 1 aromatic carbocycles. The van der Waals surface area contributed by atoms with Gasteiger partial charge in [0.1, 0.15) is 17.3 Å². The Morgan fingerprint density at radius 2 is 2.11 bits per heavy atom. The molecule has 1 N–H and O–H groups in total. The maximum Gasteiger partial charge on any atom is 0.251 e. The Labute approximate surface area is 103 Å². The average molecular weight is 244 g/mol. The molecule has 0 fully saturated rings. The average Bonchev–Trinajstić information content (AvgIpc) is 2.37. The zero-order chi connectivity index (χ0) is 13.1. The summed E-state index contributed by atoms with van der Waals surface area (Å²) in [5, 5.41) is 0. The molecule has 1 aromatic heterocycles. The number of aromatic amines is 1. The van der Waals surface area contributed by atoms with Gasteiger partial charge in [-0.3, -0.25) is 9.59 Å². The van der Waals surface area contributed by atoms with Crippen molar-refractivity contribution in [2.45, 2.75) is 6.92 Å². The van der Waals surface area contributed by atoms with E-state index in [1.165, 1.54) is 0 Å². The van der Waals surface area contributed by atoms with Crippen LogP contribution in [0.25, 0.3) is 11.4 Å². The fourth-order valence-electron chi connectivity index (χ4n) is 1.70. The first-order valence-corrected chi connectivity index (χ1v) is 5.35. The van der Waals surface area contributed by atoms with Crippen LogP contribution in [0.4, 0.5) is 0 Å². The Hall–Kier alpha value is -2.43. The third-order valence-corrected chi connectivity index (χ3v) is 2.55. The van der Waals surface area contributed by atoms with Gasteiger partial charge in [0.05, 0.1) is 7.11 Å². The van der Waals surface area contributed by atoms with E-state index in [4.69, 9.17) is 4.74 Å². The zero-order valence-corrected chi connectivity index (χ0v) is 10.1. The fourth-order valence-corrected chi connectivity index (χ4v) is 1.70. The lowest BCUT2D eigenvalue weighted by Crippen LogP contribution is -2.10. The normalized spacial score (nSPS) is 10.1. The maximum absolute atomic E-state index is 11.4. The highest BCUT2D eigenvalue weighted by Gasteiger charge is 2.06. The van der Waals surface area contributed by atoms with Crippen LogP contribution in [0.3, 0.4) is 0 Å². The molecule has 0 atom stereocenters. The van der Waals surface area contributed by atoms with Crippen LogP contribution >= 0.6 is 0 Å². The van der Waals surface area contributed by atoms with Crippen molar-refractivity contribution in [1.29, 1.82) is 0 Å². The number of ether oxygens (including phenoxy) is 1. The molecule has 0 saturated heterocycles. The summed E-state index contributed by atoms with van der Waals surface area (Å²) in [7, 11) is 1.59. The molecule has 0 aliphatic rings. The Kier molecular flexibility index (Phi) is 3.23. The number of nitrogens with one attached hydrogen (secondary N) is 1. The van der Waals surface area contributed by atoms with Crippen LogP contribution in [0.15, 0.2) is 29.1 Å². The predicted octanol–water partition coefficient (Wildman–Crippen LogP) is 1.57. The van der Waals surface area contributed by atoms with Crippen LogP contribution in [0.1, 0.15) is 16.1 Å². The van der Waals surface area contributed by atoms with Crippen molar-refractivity contribution in [3.05, 3.63) is 45.9 Å². The van der Waals surface area contributed by atoms with Gasteiger partial charge in [-0.15, -0.1) is 0 Å². The minimum atomic E-state index is -0.351. The maximum atomic E-state index is 11.4. The highest BCUT2D eigenvalue weighted by Crippen LogP contribution is 2.23. The quantitative estimate of drug-likeness (QED) is 0.832. The number of rotatable bonds is 3. The van der Waals surface area contributed by atoms with Gasteiger partial charge in [0.15, 0.2) is 6.29 Å². The van der Waals surface area contributed by atoms with E-state index in [2.05, 4.69) is 9.97 Å². The first kappa shape index (κ1) is 12.0. The van der Waals surface area contributed by atoms with Crippen LogP contribution < -0.4 is 10.3 Å². The minimum Gasteiger partial charge on any atom is -0.496 e. The number of nitrogens with zero attached hydrogens (tertiary/aromatic N) is 1. The summed E-state index contributed by atoms with van der Waals surface area (Å²) in [6.45, 7) is 1.89. The van der Waals surface area contributed by atoms with Crippen LogP contribution in [-0.2, 0) is 0 Å². The highest BCUT2D eigenvalue weighted by molar-refractivity contribution is 5.72. The van der Waals surface area contributed by atoms with Crippen molar-refractivity contribution in [2.24, 2.45) is 0 Å². The molecular formula is C13H12N2O3. The number of aldehydes is 1. The molecule has 18 heavy (non-hydrogen) atoms. The molecule has 0 unspecified atom stereocenters. The Morgan fingerprint density at radius 3 is 2.72 bits per heavy atom. The standard InChI is InChI=1S/C13H12N2O3/c1-8-5-9(3-4-11(8)18-2)13-14-10(7-16)6-12(17)15-13/h3-7H,1-2H3,(H,14,15,17).